The van der Waals surface area contributed by atoms with Crippen LogP contribution in [0.3, 0.4) is 0 Å². The second kappa shape index (κ2) is 9.37. The number of hydrogen-bond donors (Lipinski definition) is 1. The largest absolute Gasteiger partial charge is 0.482 e. The smallest absolute Gasteiger partial charge is 0.341 e. The molecule has 0 fully saturated rings. The van der Waals surface area contributed by atoms with E-state index in [-0.39, 0.29) is 17.7 Å². The fourth-order valence-corrected chi connectivity index (χ4v) is 6.61. The van der Waals surface area contributed by atoms with E-state index in [9.17, 15) is 4.79 Å². The molecule has 6 nitrogen and oxygen atoms in total. The van der Waals surface area contributed by atoms with E-state index in [1.54, 1.807) is 0 Å². The van der Waals surface area contributed by atoms with Crippen LogP contribution in [0.4, 0.5) is 5.69 Å². The first-order valence-electron chi connectivity index (χ1n) is 14.1. The number of nitrogens with zero attached hydrogens (tertiary/aromatic N) is 2. The minimum atomic E-state index is -1.00. The molecule has 3 heterocycles. The lowest BCUT2D eigenvalue weighted by atomic mass is 9.84. The van der Waals surface area contributed by atoms with E-state index < -0.39 is 5.97 Å². The van der Waals surface area contributed by atoms with Gasteiger partial charge in [0.15, 0.2) is 6.61 Å². The molecule has 41 heavy (non-hydrogen) atoms. The van der Waals surface area contributed by atoms with Crippen molar-refractivity contribution in [1.82, 2.24) is 0 Å². The molecule has 0 radical (unpaired) electrons. The minimum absolute atomic E-state index is 0.113. The Bertz CT molecular complexity index is 1790. The van der Waals surface area contributed by atoms with Crippen LogP contribution in [0.1, 0.15) is 70.7 Å². The molecule has 3 aromatic rings. The molecule has 1 N–H and O–H groups in total. The number of allylic oxidation sites excluding steroid dienone is 2. The van der Waals surface area contributed by atoms with Crippen LogP contribution in [0.25, 0.3) is 16.7 Å². The minimum Gasteiger partial charge on any atom is -0.482 e. The molecule has 0 spiro atoms. The highest BCUT2D eigenvalue weighted by molar-refractivity contribution is 5.91. The SMILES string of the molecule is CCN1c2cc3c(cc2C(C)=CC1(C)C)C(c1ccc(OCC(=O)O)cc1)=c1cc2c(cc1O3)=NC(C)(C)C=C2C. The summed E-state index contributed by atoms with van der Waals surface area (Å²) in [6.45, 7) is 15.7. The van der Waals surface area contributed by atoms with Crippen LogP contribution in [-0.2, 0) is 4.79 Å². The first-order valence-corrected chi connectivity index (χ1v) is 14.1. The summed E-state index contributed by atoms with van der Waals surface area (Å²) in [5.74, 6) is 1.09. The van der Waals surface area contributed by atoms with E-state index in [0.717, 1.165) is 50.9 Å². The number of rotatable bonds is 5. The topological polar surface area (TPSA) is 71.4 Å². The van der Waals surface area contributed by atoms with Crippen molar-refractivity contribution in [2.24, 2.45) is 4.99 Å². The number of fused-ring (bicyclic) bond motifs is 4. The molecule has 6 rings (SSSR count). The standard InChI is InChI=1S/C35H36N2O4/c1-8-37-29-16-31-27(14-25(29)21(3)18-35(37,6)7)33(22-9-11-23(12-10-22)40-19-32(38)39)26-13-24-20(2)17-34(4,5)36-28(24)15-30(26)41-31/h9-18H,8,19H2,1-7H3,(H,38,39). The van der Waals surface area contributed by atoms with Gasteiger partial charge in [-0.15, -0.1) is 0 Å². The Balaban J connectivity index is 1.62. The second-order valence-electron chi connectivity index (χ2n) is 12.2. The van der Waals surface area contributed by atoms with Gasteiger partial charge in [-0.3, -0.25) is 4.99 Å². The Morgan fingerprint density at radius 3 is 2.32 bits per heavy atom. The van der Waals surface area contributed by atoms with Crippen molar-refractivity contribution < 1.29 is 19.4 Å². The third kappa shape index (κ3) is 4.61. The Labute approximate surface area is 241 Å². The van der Waals surface area contributed by atoms with Crippen molar-refractivity contribution in [2.75, 3.05) is 18.1 Å². The van der Waals surface area contributed by atoms with Gasteiger partial charge in [-0.1, -0.05) is 24.3 Å². The average Bonchev–Trinajstić information content (AvgIpc) is 2.88. The molecule has 6 heteroatoms. The van der Waals surface area contributed by atoms with Crippen LogP contribution < -0.4 is 24.9 Å². The van der Waals surface area contributed by atoms with Gasteiger partial charge >= 0.3 is 5.97 Å². The lowest BCUT2D eigenvalue weighted by molar-refractivity contribution is -0.139. The number of ether oxygens (including phenoxy) is 2. The monoisotopic (exact) mass is 548 g/mol. The molecule has 0 amide bonds. The number of carboxylic acid groups (broad SMARTS) is 1. The summed E-state index contributed by atoms with van der Waals surface area (Å²) in [6, 6.07) is 16.4. The highest BCUT2D eigenvalue weighted by Crippen LogP contribution is 2.46. The fraction of sp³-hybridized carbons (Fsp3) is 0.314. The summed E-state index contributed by atoms with van der Waals surface area (Å²) in [5, 5.41) is 11.0. The number of anilines is 1. The number of carboxylic acids is 1. The maximum Gasteiger partial charge on any atom is 0.341 e. The fourth-order valence-electron chi connectivity index (χ4n) is 6.61. The van der Waals surface area contributed by atoms with Crippen molar-refractivity contribution in [2.45, 2.75) is 59.5 Å². The molecule has 0 atom stereocenters. The van der Waals surface area contributed by atoms with Gasteiger partial charge in [0.25, 0.3) is 0 Å². The maximum atomic E-state index is 11.0. The number of carbonyl (C=O) groups is 1. The molecule has 0 saturated heterocycles. The summed E-state index contributed by atoms with van der Waals surface area (Å²) in [7, 11) is 0. The normalized spacial score (nSPS) is 17.5. The maximum absolute atomic E-state index is 11.0. The molecule has 0 unspecified atom stereocenters. The first-order chi connectivity index (χ1) is 19.4. The molecule has 210 valence electrons. The van der Waals surface area contributed by atoms with Crippen molar-refractivity contribution in [3.63, 3.8) is 0 Å². The predicted molar refractivity (Wildman–Crippen MR) is 163 cm³/mol. The summed E-state index contributed by atoms with van der Waals surface area (Å²) in [5.41, 5.74) is 8.58. The van der Waals surface area contributed by atoms with Crippen molar-refractivity contribution >= 4 is 28.4 Å². The Hall–Kier alpha value is -4.32. The van der Waals surface area contributed by atoms with Gasteiger partial charge in [-0.05, 0) is 89.4 Å². The van der Waals surface area contributed by atoms with Crippen LogP contribution in [0.15, 0.2) is 65.7 Å². The molecular formula is C35H36N2O4. The molecule has 0 bridgehead atoms. The van der Waals surface area contributed by atoms with Crippen LogP contribution in [0.5, 0.6) is 17.2 Å². The third-order valence-corrected chi connectivity index (χ3v) is 8.16. The molecule has 3 aliphatic rings. The molecule has 0 aromatic heterocycles. The summed E-state index contributed by atoms with van der Waals surface area (Å²) < 4.78 is 12.1. The Morgan fingerprint density at radius 1 is 0.927 bits per heavy atom. The van der Waals surface area contributed by atoms with Crippen molar-refractivity contribution in [3.05, 3.63) is 93.5 Å². The molecule has 3 aromatic carbocycles. The highest BCUT2D eigenvalue weighted by Gasteiger charge is 2.33. The van der Waals surface area contributed by atoms with Crippen LogP contribution in [0, 0.1) is 0 Å². The molecular weight excluding hydrogens is 512 g/mol. The Morgan fingerprint density at radius 2 is 1.63 bits per heavy atom. The quantitative estimate of drug-likeness (QED) is 0.315. The van der Waals surface area contributed by atoms with E-state index in [1.807, 2.05) is 24.3 Å². The van der Waals surface area contributed by atoms with Crippen molar-refractivity contribution in [3.8, 4) is 17.2 Å². The van der Waals surface area contributed by atoms with Crippen LogP contribution in [-0.4, -0.2) is 35.3 Å². The van der Waals surface area contributed by atoms with Crippen LogP contribution >= 0.6 is 0 Å². The number of likely N-dealkylation sites (N-methyl/N-ethyl adjacent to an activating group) is 1. The first kappa shape index (κ1) is 26.9. The van der Waals surface area contributed by atoms with Gasteiger partial charge in [0.05, 0.1) is 16.4 Å². The van der Waals surface area contributed by atoms with Gasteiger partial charge in [0.2, 0.25) is 0 Å². The zero-order valence-corrected chi connectivity index (χ0v) is 24.8. The number of benzene rings is 3. The van der Waals surface area contributed by atoms with Gasteiger partial charge in [0, 0.05) is 51.8 Å². The zero-order valence-electron chi connectivity index (χ0n) is 24.8. The summed E-state index contributed by atoms with van der Waals surface area (Å²) in [4.78, 5) is 18.4. The van der Waals surface area contributed by atoms with E-state index in [0.29, 0.717) is 5.75 Å². The van der Waals surface area contributed by atoms with Gasteiger partial charge < -0.3 is 19.5 Å². The van der Waals surface area contributed by atoms with E-state index >= 15 is 0 Å². The third-order valence-electron chi connectivity index (χ3n) is 8.16. The molecule has 0 aliphatic carbocycles. The lowest BCUT2D eigenvalue weighted by Gasteiger charge is -2.43. The van der Waals surface area contributed by atoms with E-state index in [1.165, 1.54) is 22.4 Å². The van der Waals surface area contributed by atoms with Crippen molar-refractivity contribution in [1.29, 1.82) is 0 Å². The highest BCUT2D eigenvalue weighted by atomic mass is 16.5. The lowest BCUT2D eigenvalue weighted by Crippen LogP contribution is -2.45. The number of hydrogen-bond acceptors (Lipinski definition) is 5. The van der Waals surface area contributed by atoms with E-state index in [2.05, 4.69) is 89.8 Å². The zero-order chi connectivity index (χ0) is 29.3. The molecule has 3 aliphatic heterocycles. The molecule has 0 saturated carbocycles. The number of aliphatic carboxylic acids is 1. The van der Waals surface area contributed by atoms with Crippen LogP contribution in [0.2, 0.25) is 0 Å². The second-order valence-corrected chi connectivity index (χ2v) is 12.2. The summed E-state index contributed by atoms with van der Waals surface area (Å²) in [6.07, 6.45) is 4.55. The summed E-state index contributed by atoms with van der Waals surface area (Å²) >= 11 is 0. The Kier molecular flexibility index (Phi) is 6.14. The van der Waals surface area contributed by atoms with Gasteiger partial charge in [-0.2, -0.15) is 0 Å². The van der Waals surface area contributed by atoms with Gasteiger partial charge in [0.1, 0.15) is 17.2 Å². The van der Waals surface area contributed by atoms with Gasteiger partial charge in [-0.25, -0.2) is 4.79 Å². The van der Waals surface area contributed by atoms with E-state index in [4.69, 9.17) is 19.6 Å². The average molecular weight is 549 g/mol. The predicted octanol–water partition coefficient (Wildman–Crippen LogP) is 6.34.